The van der Waals surface area contributed by atoms with E-state index in [9.17, 15) is 4.79 Å². The number of aliphatic carboxylic acids is 1. The van der Waals surface area contributed by atoms with Crippen molar-refractivity contribution < 1.29 is 9.90 Å². The zero-order valence-corrected chi connectivity index (χ0v) is 11.4. The minimum Gasteiger partial charge on any atom is -0.478 e. The minimum atomic E-state index is -0.935. The molecule has 3 nitrogen and oxygen atoms in total. The van der Waals surface area contributed by atoms with Crippen LogP contribution in [0.5, 0.6) is 0 Å². The van der Waals surface area contributed by atoms with Crippen molar-refractivity contribution in [3.8, 4) is 0 Å². The van der Waals surface area contributed by atoms with Crippen LogP contribution >= 0.6 is 11.3 Å². The second-order valence-electron chi connectivity index (χ2n) is 4.17. The fourth-order valence-corrected chi connectivity index (χ4v) is 2.62. The Labute approximate surface area is 116 Å². The maximum absolute atomic E-state index is 10.6. The quantitative estimate of drug-likeness (QED) is 0.848. The molecule has 0 radical (unpaired) electrons. The standard InChI is InChI=1S/C15H15NO2S/c1-16(11-13-6-4-10-19-13)14-7-3-2-5-12(14)8-9-15(17)18/h2-10H,11H2,1H3,(H,17,18)/b9-8+. The van der Waals surface area contributed by atoms with Gasteiger partial charge in [0.2, 0.25) is 0 Å². The number of carboxylic acid groups (broad SMARTS) is 1. The molecule has 0 aliphatic heterocycles. The molecule has 2 aromatic rings. The number of carboxylic acids is 1. The molecule has 98 valence electrons. The molecule has 1 heterocycles. The average Bonchev–Trinajstić information content (AvgIpc) is 2.89. The van der Waals surface area contributed by atoms with E-state index in [4.69, 9.17) is 5.11 Å². The highest BCUT2D eigenvalue weighted by Crippen LogP contribution is 2.23. The number of carbonyl (C=O) groups is 1. The third kappa shape index (κ3) is 3.69. The molecule has 0 atom stereocenters. The van der Waals surface area contributed by atoms with Crippen molar-refractivity contribution in [1.82, 2.24) is 0 Å². The van der Waals surface area contributed by atoms with Gasteiger partial charge in [-0.2, -0.15) is 0 Å². The molecule has 0 aliphatic rings. The summed E-state index contributed by atoms with van der Waals surface area (Å²) in [7, 11) is 2.01. The Morgan fingerprint density at radius 2 is 2.11 bits per heavy atom. The molecule has 0 amide bonds. The normalized spacial score (nSPS) is 10.8. The van der Waals surface area contributed by atoms with Gasteiger partial charge in [-0.3, -0.25) is 0 Å². The van der Waals surface area contributed by atoms with E-state index in [2.05, 4.69) is 16.3 Å². The zero-order chi connectivity index (χ0) is 13.7. The smallest absolute Gasteiger partial charge is 0.328 e. The topological polar surface area (TPSA) is 40.5 Å². The van der Waals surface area contributed by atoms with Gasteiger partial charge in [0.05, 0.1) is 6.54 Å². The number of hydrogen-bond acceptors (Lipinski definition) is 3. The first kappa shape index (κ1) is 13.4. The SMILES string of the molecule is CN(Cc1cccs1)c1ccccc1/C=C/C(=O)O. The number of nitrogens with zero attached hydrogens (tertiary/aromatic N) is 1. The van der Waals surface area contributed by atoms with Gasteiger partial charge in [-0.05, 0) is 29.2 Å². The van der Waals surface area contributed by atoms with E-state index in [1.54, 1.807) is 17.4 Å². The summed E-state index contributed by atoms with van der Waals surface area (Å²) in [5, 5.41) is 10.8. The summed E-state index contributed by atoms with van der Waals surface area (Å²) in [5.41, 5.74) is 1.93. The van der Waals surface area contributed by atoms with Gasteiger partial charge in [0.1, 0.15) is 0 Å². The summed E-state index contributed by atoms with van der Waals surface area (Å²) in [6, 6.07) is 11.9. The summed E-state index contributed by atoms with van der Waals surface area (Å²) in [6.07, 6.45) is 2.79. The lowest BCUT2D eigenvalue weighted by atomic mass is 10.1. The number of benzene rings is 1. The number of para-hydroxylation sites is 1. The van der Waals surface area contributed by atoms with Crippen LogP contribution in [0.4, 0.5) is 5.69 Å². The van der Waals surface area contributed by atoms with Gasteiger partial charge >= 0.3 is 5.97 Å². The van der Waals surface area contributed by atoms with Crippen LogP contribution < -0.4 is 4.90 Å². The van der Waals surface area contributed by atoms with Gasteiger partial charge in [-0.1, -0.05) is 24.3 Å². The molecular weight excluding hydrogens is 258 g/mol. The van der Waals surface area contributed by atoms with E-state index < -0.39 is 5.97 Å². The molecular formula is C15H15NO2S. The zero-order valence-electron chi connectivity index (χ0n) is 10.6. The Balaban J connectivity index is 2.21. The first-order valence-corrected chi connectivity index (χ1v) is 6.78. The maximum Gasteiger partial charge on any atom is 0.328 e. The van der Waals surface area contributed by atoms with Crippen molar-refractivity contribution in [2.24, 2.45) is 0 Å². The third-order valence-electron chi connectivity index (χ3n) is 2.73. The fraction of sp³-hybridized carbons (Fsp3) is 0.133. The molecule has 19 heavy (non-hydrogen) atoms. The molecule has 1 N–H and O–H groups in total. The van der Waals surface area contributed by atoms with Gasteiger partial charge in [0.15, 0.2) is 0 Å². The molecule has 0 bridgehead atoms. The summed E-state index contributed by atoms with van der Waals surface area (Å²) in [5.74, 6) is -0.935. The second-order valence-corrected chi connectivity index (χ2v) is 5.20. The van der Waals surface area contributed by atoms with Crippen LogP contribution in [0.1, 0.15) is 10.4 Å². The van der Waals surface area contributed by atoms with Crippen LogP contribution in [0.3, 0.4) is 0 Å². The first-order chi connectivity index (χ1) is 9.16. The van der Waals surface area contributed by atoms with Crippen LogP contribution in [0.15, 0.2) is 47.9 Å². The summed E-state index contributed by atoms with van der Waals surface area (Å²) >= 11 is 1.72. The van der Waals surface area contributed by atoms with E-state index in [0.717, 1.165) is 23.9 Å². The Morgan fingerprint density at radius 1 is 1.32 bits per heavy atom. The molecule has 4 heteroatoms. The van der Waals surface area contributed by atoms with Gasteiger partial charge in [0.25, 0.3) is 0 Å². The van der Waals surface area contributed by atoms with Gasteiger partial charge in [-0.15, -0.1) is 11.3 Å². The van der Waals surface area contributed by atoms with Gasteiger partial charge < -0.3 is 10.0 Å². The number of anilines is 1. The molecule has 0 saturated carbocycles. The summed E-state index contributed by atoms with van der Waals surface area (Å²) in [6.45, 7) is 0.815. The predicted octanol–water partition coefficient (Wildman–Crippen LogP) is 3.48. The highest BCUT2D eigenvalue weighted by Gasteiger charge is 2.06. The highest BCUT2D eigenvalue weighted by molar-refractivity contribution is 7.09. The fourth-order valence-electron chi connectivity index (χ4n) is 1.86. The largest absolute Gasteiger partial charge is 0.478 e. The predicted molar refractivity (Wildman–Crippen MR) is 79.5 cm³/mol. The van der Waals surface area contributed by atoms with Crippen LogP contribution in [0.25, 0.3) is 6.08 Å². The lowest BCUT2D eigenvalue weighted by Crippen LogP contribution is -2.16. The third-order valence-corrected chi connectivity index (χ3v) is 3.59. The maximum atomic E-state index is 10.6. The molecule has 0 spiro atoms. The molecule has 1 aromatic carbocycles. The van der Waals surface area contributed by atoms with Crippen molar-refractivity contribution in [3.05, 3.63) is 58.3 Å². The summed E-state index contributed by atoms with van der Waals surface area (Å²) in [4.78, 5) is 14.0. The molecule has 0 saturated heterocycles. The Morgan fingerprint density at radius 3 is 2.79 bits per heavy atom. The monoisotopic (exact) mass is 273 g/mol. The lowest BCUT2D eigenvalue weighted by molar-refractivity contribution is -0.131. The van der Waals surface area contributed by atoms with Crippen molar-refractivity contribution in [2.75, 3.05) is 11.9 Å². The molecule has 2 rings (SSSR count). The Kier molecular flexibility index (Phi) is 4.36. The van der Waals surface area contributed by atoms with Gasteiger partial charge in [0, 0.05) is 23.7 Å². The van der Waals surface area contributed by atoms with Crippen LogP contribution in [-0.2, 0) is 11.3 Å². The van der Waals surface area contributed by atoms with Crippen LogP contribution in [0.2, 0.25) is 0 Å². The molecule has 0 aliphatic carbocycles. The van der Waals surface area contributed by atoms with E-state index in [-0.39, 0.29) is 0 Å². The minimum absolute atomic E-state index is 0.815. The van der Waals surface area contributed by atoms with Gasteiger partial charge in [-0.25, -0.2) is 4.79 Å². The molecule has 0 unspecified atom stereocenters. The number of rotatable bonds is 5. The summed E-state index contributed by atoms with van der Waals surface area (Å²) < 4.78 is 0. The van der Waals surface area contributed by atoms with E-state index in [1.165, 1.54) is 4.88 Å². The lowest BCUT2D eigenvalue weighted by Gasteiger charge is -2.20. The number of hydrogen-bond donors (Lipinski definition) is 1. The first-order valence-electron chi connectivity index (χ1n) is 5.90. The van der Waals surface area contributed by atoms with E-state index in [1.807, 2.05) is 37.4 Å². The van der Waals surface area contributed by atoms with E-state index >= 15 is 0 Å². The van der Waals surface area contributed by atoms with Crippen LogP contribution in [0, 0.1) is 0 Å². The van der Waals surface area contributed by atoms with Crippen molar-refractivity contribution in [2.45, 2.75) is 6.54 Å². The van der Waals surface area contributed by atoms with Crippen LogP contribution in [-0.4, -0.2) is 18.1 Å². The second kappa shape index (κ2) is 6.20. The van der Waals surface area contributed by atoms with E-state index in [0.29, 0.717) is 0 Å². The molecule has 1 aromatic heterocycles. The Bertz CT molecular complexity index is 576. The van der Waals surface area contributed by atoms with Crippen molar-refractivity contribution >= 4 is 29.1 Å². The highest BCUT2D eigenvalue weighted by atomic mass is 32.1. The Hall–Kier alpha value is -2.07. The van der Waals surface area contributed by atoms with Crippen molar-refractivity contribution in [3.63, 3.8) is 0 Å². The van der Waals surface area contributed by atoms with Crippen molar-refractivity contribution in [1.29, 1.82) is 0 Å². The molecule has 0 fully saturated rings. The number of thiophene rings is 1. The average molecular weight is 273 g/mol.